The van der Waals surface area contributed by atoms with Crippen LogP contribution in [0.5, 0.6) is 0 Å². The summed E-state index contributed by atoms with van der Waals surface area (Å²) in [5.41, 5.74) is -1.06. The fraction of sp³-hybridized carbons (Fsp3) is 0.778. The van der Waals surface area contributed by atoms with Crippen LogP contribution >= 0.6 is 0 Å². The van der Waals surface area contributed by atoms with Crippen molar-refractivity contribution in [1.29, 1.82) is 0 Å². The topological polar surface area (TPSA) is 124 Å². The SMILES string of the molecule is CCC(CC)(CNC(=NC)NCCN1C(=O)CNC1=O)NC(=O)OC(C)(C)C. The van der Waals surface area contributed by atoms with Crippen molar-refractivity contribution in [3.05, 3.63) is 0 Å². The molecule has 1 aliphatic rings. The lowest BCUT2D eigenvalue weighted by Crippen LogP contribution is -2.57. The van der Waals surface area contributed by atoms with E-state index in [0.29, 0.717) is 31.9 Å². The van der Waals surface area contributed by atoms with Crippen LogP contribution < -0.4 is 21.3 Å². The fourth-order valence-electron chi connectivity index (χ4n) is 2.68. The van der Waals surface area contributed by atoms with Crippen molar-refractivity contribution < 1.29 is 19.1 Å². The lowest BCUT2D eigenvalue weighted by Gasteiger charge is -2.34. The highest BCUT2D eigenvalue weighted by Crippen LogP contribution is 2.16. The second-order valence-electron chi connectivity index (χ2n) is 7.67. The van der Waals surface area contributed by atoms with E-state index in [-0.39, 0.29) is 25.0 Å². The second-order valence-corrected chi connectivity index (χ2v) is 7.67. The van der Waals surface area contributed by atoms with Crippen molar-refractivity contribution in [3.8, 4) is 0 Å². The molecule has 0 aromatic carbocycles. The van der Waals surface area contributed by atoms with Crippen LogP contribution in [0, 0.1) is 0 Å². The summed E-state index contributed by atoms with van der Waals surface area (Å²) in [5.74, 6) is 0.275. The van der Waals surface area contributed by atoms with Crippen LogP contribution in [0.3, 0.4) is 0 Å². The number of amides is 4. The van der Waals surface area contributed by atoms with E-state index >= 15 is 0 Å². The van der Waals surface area contributed by atoms with Crippen LogP contribution in [-0.2, 0) is 9.53 Å². The average Bonchev–Trinajstić information content (AvgIpc) is 2.93. The van der Waals surface area contributed by atoms with E-state index in [2.05, 4.69) is 26.3 Å². The molecule has 1 heterocycles. The van der Waals surface area contributed by atoms with Gasteiger partial charge in [0.25, 0.3) is 0 Å². The molecule has 0 aromatic heterocycles. The number of alkyl carbamates (subject to hydrolysis) is 1. The second kappa shape index (κ2) is 10.1. The van der Waals surface area contributed by atoms with Gasteiger partial charge in [0.15, 0.2) is 5.96 Å². The molecule has 10 heteroatoms. The molecule has 0 radical (unpaired) electrons. The van der Waals surface area contributed by atoms with Gasteiger partial charge in [-0.3, -0.25) is 14.7 Å². The summed E-state index contributed by atoms with van der Waals surface area (Å²) in [6, 6.07) is -0.382. The van der Waals surface area contributed by atoms with Crippen LogP contribution in [0.15, 0.2) is 4.99 Å². The Balaban J connectivity index is 2.56. The number of guanidine groups is 1. The molecule has 4 amide bonds. The Hall–Kier alpha value is -2.52. The molecule has 0 aromatic rings. The third kappa shape index (κ3) is 7.24. The van der Waals surface area contributed by atoms with E-state index in [0.717, 1.165) is 4.90 Å². The van der Waals surface area contributed by atoms with Crippen LogP contribution in [0.25, 0.3) is 0 Å². The van der Waals surface area contributed by atoms with Gasteiger partial charge in [0.1, 0.15) is 5.60 Å². The lowest BCUT2D eigenvalue weighted by molar-refractivity contribution is -0.124. The Morgan fingerprint density at radius 3 is 2.32 bits per heavy atom. The number of ether oxygens (including phenoxy) is 1. The van der Waals surface area contributed by atoms with Gasteiger partial charge in [-0.2, -0.15) is 0 Å². The normalized spacial score (nSPS) is 15.4. The van der Waals surface area contributed by atoms with Gasteiger partial charge in [-0.15, -0.1) is 0 Å². The zero-order chi connectivity index (χ0) is 21.4. The number of aliphatic imine (C=N–C) groups is 1. The van der Waals surface area contributed by atoms with Gasteiger partial charge in [-0.05, 0) is 33.6 Å². The van der Waals surface area contributed by atoms with Gasteiger partial charge in [-0.1, -0.05) is 13.8 Å². The van der Waals surface area contributed by atoms with Crippen LogP contribution in [-0.4, -0.2) is 73.3 Å². The number of nitrogens with zero attached hydrogens (tertiary/aromatic N) is 2. The zero-order valence-electron chi connectivity index (χ0n) is 17.8. The summed E-state index contributed by atoms with van der Waals surface area (Å²) in [5, 5.41) is 11.7. The third-order valence-corrected chi connectivity index (χ3v) is 4.50. The smallest absolute Gasteiger partial charge is 0.408 e. The van der Waals surface area contributed by atoms with Crippen LogP contribution in [0.4, 0.5) is 9.59 Å². The van der Waals surface area contributed by atoms with E-state index in [4.69, 9.17) is 4.74 Å². The van der Waals surface area contributed by atoms with Crippen LogP contribution in [0.2, 0.25) is 0 Å². The minimum atomic E-state index is -0.568. The Morgan fingerprint density at radius 2 is 1.86 bits per heavy atom. The highest BCUT2D eigenvalue weighted by atomic mass is 16.6. The highest BCUT2D eigenvalue weighted by molar-refractivity contribution is 6.01. The molecule has 0 aliphatic carbocycles. The summed E-state index contributed by atoms with van der Waals surface area (Å²) in [7, 11) is 1.63. The number of carbonyl (C=O) groups excluding carboxylic acids is 3. The van der Waals surface area contributed by atoms with E-state index < -0.39 is 17.2 Å². The first kappa shape index (κ1) is 23.5. The number of urea groups is 1. The van der Waals surface area contributed by atoms with E-state index in [1.807, 2.05) is 34.6 Å². The molecule has 0 unspecified atom stereocenters. The van der Waals surface area contributed by atoms with E-state index in [1.165, 1.54) is 0 Å². The molecule has 0 saturated carbocycles. The van der Waals surface area contributed by atoms with Crippen molar-refractivity contribution in [3.63, 3.8) is 0 Å². The molecule has 10 nitrogen and oxygen atoms in total. The average molecular weight is 399 g/mol. The molecule has 0 bridgehead atoms. The summed E-state index contributed by atoms with van der Waals surface area (Å²) in [6.45, 7) is 10.6. The minimum absolute atomic E-state index is 0.0393. The standard InChI is InChI=1S/C18H34N6O4/c1-7-18(8-2,23-16(27)28-17(3,4)5)12-22-14(19-6)20-9-10-24-13(25)11-21-15(24)26/h7-12H2,1-6H3,(H,21,26)(H,23,27)(H2,19,20,22). The summed E-state index contributed by atoms with van der Waals surface area (Å²) >= 11 is 0. The minimum Gasteiger partial charge on any atom is -0.444 e. The first-order valence-corrected chi connectivity index (χ1v) is 9.59. The first-order chi connectivity index (χ1) is 13.1. The maximum atomic E-state index is 12.2. The Bertz CT molecular complexity index is 579. The van der Waals surface area contributed by atoms with Crippen molar-refractivity contribution >= 4 is 24.0 Å². The molecule has 4 N–H and O–H groups in total. The van der Waals surface area contributed by atoms with Gasteiger partial charge in [0, 0.05) is 26.7 Å². The zero-order valence-corrected chi connectivity index (χ0v) is 17.8. The first-order valence-electron chi connectivity index (χ1n) is 9.59. The maximum Gasteiger partial charge on any atom is 0.408 e. The van der Waals surface area contributed by atoms with Crippen molar-refractivity contribution in [1.82, 2.24) is 26.2 Å². The molecule has 0 spiro atoms. The third-order valence-electron chi connectivity index (χ3n) is 4.50. The molecule has 1 fully saturated rings. The Labute approximate surface area is 166 Å². The molecule has 28 heavy (non-hydrogen) atoms. The molecule has 0 atom stereocenters. The maximum absolute atomic E-state index is 12.2. The summed E-state index contributed by atoms with van der Waals surface area (Å²) < 4.78 is 5.37. The molecule has 1 aliphatic heterocycles. The van der Waals surface area contributed by atoms with Crippen molar-refractivity contribution in [2.24, 2.45) is 4.99 Å². The Kier molecular flexibility index (Phi) is 8.52. The molecule has 160 valence electrons. The van der Waals surface area contributed by atoms with Crippen LogP contribution in [0.1, 0.15) is 47.5 Å². The monoisotopic (exact) mass is 398 g/mol. The number of imide groups is 1. The lowest BCUT2D eigenvalue weighted by atomic mass is 9.93. The van der Waals surface area contributed by atoms with Crippen molar-refractivity contribution in [2.75, 3.05) is 33.2 Å². The quantitative estimate of drug-likeness (QED) is 0.272. The molecular weight excluding hydrogens is 364 g/mol. The van der Waals surface area contributed by atoms with E-state index in [1.54, 1.807) is 7.05 Å². The van der Waals surface area contributed by atoms with Gasteiger partial charge in [0.05, 0.1) is 12.1 Å². The number of hydrogen-bond donors (Lipinski definition) is 4. The molecule has 1 rings (SSSR count). The van der Waals surface area contributed by atoms with Crippen molar-refractivity contribution in [2.45, 2.75) is 58.6 Å². The Morgan fingerprint density at radius 1 is 1.21 bits per heavy atom. The van der Waals surface area contributed by atoms with Gasteiger partial charge in [0.2, 0.25) is 5.91 Å². The summed E-state index contributed by atoms with van der Waals surface area (Å²) in [4.78, 5) is 40.6. The number of nitrogens with one attached hydrogen (secondary N) is 4. The number of carbonyl (C=O) groups is 3. The predicted octanol–water partition coefficient (Wildman–Crippen LogP) is 0.787. The molecule has 1 saturated heterocycles. The number of rotatable bonds is 8. The highest BCUT2D eigenvalue weighted by Gasteiger charge is 2.31. The molecular formula is C18H34N6O4. The van der Waals surface area contributed by atoms with E-state index in [9.17, 15) is 14.4 Å². The number of hydrogen-bond acceptors (Lipinski definition) is 5. The van der Waals surface area contributed by atoms with Gasteiger partial charge >= 0.3 is 12.1 Å². The van der Waals surface area contributed by atoms with Gasteiger partial charge in [-0.25, -0.2) is 9.59 Å². The van der Waals surface area contributed by atoms with Gasteiger partial charge < -0.3 is 26.0 Å². The largest absolute Gasteiger partial charge is 0.444 e. The fourth-order valence-corrected chi connectivity index (χ4v) is 2.68. The predicted molar refractivity (Wildman–Crippen MR) is 107 cm³/mol. The summed E-state index contributed by atoms with van der Waals surface area (Å²) in [6.07, 6.45) is 0.948.